The molecule has 1 aromatic rings. The van der Waals surface area contributed by atoms with Crippen LogP contribution in [0, 0.1) is 5.92 Å². The number of pyridine rings is 1. The lowest BCUT2D eigenvalue weighted by Gasteiger charge is -2.23. The van der Waals surface area contributed by atoms with Crippen LogP contribution in [0.5, 0.6) is 0 Å². The Morgan fingerprint density at radius 1 is 1.26 bits per heavy atom. The van der Waals surface area contributed by atoms with Gasteiger partial charge in [0, 0.05) is 38.1 Å². The van der Waals surface area contributed by atoms with Gasteiger partial charge in [-0.15, -0.1) is 0 Å². The molecule has 2 saturated carbocycles. The molecule has 2 fully saturated rings. The Morgan fingerprint density at radius 3 is 2.79 bits per heavy atom. The first kappa shape index (κ1) is 12.9. The molecule has 0 radical (unpaired) electrons. The smallest absolute Gasteiger partial charge is 0.0562 e. The number of anilines is 1. The molecular formula is C16H25N3. The zero-order chi connectivity index (χ0) is 13.1. The molecule has 0 saturated heterocycles. The van der Waals surface area contributed by atoms with Crippen LogP contribution in [-0.2, 0) is 6.54 Å². The van der Waals surface area contributed by atoms with Crippen LogP contribution in [0.3, 0.4) is 0 Å². The molecule has 3 nitrogen and oxygen atoms in total. The largest absolute Gasteiger partial charge is 0.374 e. The van der Waals surface area contributed by atoms with E-state index < -0.39 is 0 Å². The highest BCUT2D eigenvalue weighted by Crippen LogP contribution is 2.27. The number of nitrogens with one attached hydrogen (secondary N) is 1. The molecule has 0 atom stereocenters. The van der Waals surface area contributed by atoms with Gasteiger partial charge in [-0.25, -0.2) is 0 Å². The fraction of sp³-hybridized carbons (Fsp3) is 0.688. The Hall–Kier alpha value is -1.09. The van der Waals surface area contributed by atoms with Gasteiger partial charge >= 0.3 is 0 Å². The molecule has 0 bridgehead atoms. The summed E-state index contributed by atoms with van der Waals surface area (Å²) < 4.78 is 0. The van der Waals surface area contributed by atoms with E-state index in [4.69, 9.17) is 0 Å². The van der Waals surface area contributed by atoms with Crippen molar-refractivity contribution in [2.24, 2.45) is 5.92 Å². The van der Waals surface area contributed by atoms with Gasteiger partial charge in [0.2, 0.25) is 0 Å². The number of hydrogen-bond donors (Lipinski definition) is 1. The zero-order valence-electron chi connectivity index (χ0n) is 11.9. The topological polar surface area (TPSA) is 28.2 Å². The van der Waals surface area contributed by atoms with Crippen molar-refractivity contribution in [3.05, 3.63) is 24.0 Å². The van der Waals surface area contributed by atoms with Crippen molar-refractivity contribution in [2.45, 2.75) is 51.1 Å². The van der Waals surface area contributed by atoms with Crippen LogP contribution >= 0.6 is 0 Å². The third-order valence-electron chi connectivity index (χ3n) is 4.40. The van der Waals surface area contributed by atoms with Gasteiger partial charge in [-0.3, -0.25) is 4.98 Å². The summed E-state index contributed by atoms with van der Waals surface area (Å²) in [6.07, 6.45) is 10.3. The van der Waals surface area contributed by atoms with E-state index in [-0.39, 0.29) is 0 Å². The highest BCUT2D eigenvalue weighted by molar-refractivity contribution is 5.45. The molecule has 2 aliphatic rings. The van der Waals surface area contributed by atoms with E-state index in [0.717, 1.165) is 18.5 Å². The monoisotopic (exact) mass is 259 g/mol. The van der Waals surface area contributed by atoms with Crippen molar-refractivity contribution in [3.8, 4) is 0 Å². The maximum absolute atomic E-state index is 4.46. The summed E-state index contributed by atoms with van der Waals surface area (Å²) in [6.45, 7) is 2.11. The van der Waals surface area contributed by atoms with Crippen LogP contribution in [0.1, 0.15) is 44.2 Å². The minimum atomic E-state index is 0.752. The van der Waals surface area contributed by atoms with Crippen molar-refractivity contribution >= 4 is 5.69 Å². The van der Waals surface area contributed by atoms with Gasteiger partial charge in [0.05, 0.1) is 5.69 Å². The Labute approximate surface area is 116 Å². The van der Waals surface area contributed by atoms with Crippen LogP contribution in [0.4, 0.5) is 5.69 Å². The lowest BCUT2D eigenvalue weighted by Crippen LogP contribution is -2.24. The number of nitrogens with zero attached hydrogens (tertiary/aromatic N) is 2. The van der Waals surface area contributed by atoms with Crippen LogP contribution in [0.15, 0.2) is 18.3 Å². The molecule has 19 heavy (non-hydrogen) atoms. The molecule has 0 aromatic carbocycles. The van der Waals surface area contributed by atoms with Crippen molar-refractivity contribution in [1.82, 2.24) is 10.3 Å². The molecule has 0 unspecified atom stereocenters. The quantitative estimate of drug-likeness (QED) is 0.851. The Balaban J connectivity index is 1.56. The van der Waals surface area contributed by atoms with Crippen molar-refractivity contribution in [3.63, 3.8) is 0 Å². The Kier molecular flexibility index (Phi) is 4.02. The lowest BCUT2D eigenvalue weighted by atomic mass is 10.1. The summed E-state index contributed by atoms with van der Waals surface area (Å²) >= 11 is 0. The van der Waals surface area contributed by atoms with Crippen LogP contribution in [0.2, 0.25) is 0 Å². The summed E-state index contributed by atoms with van der Waals surface area (Å²) in [6, 6.07) is 5.13. The molecule has 0 aliphatic heterocycles. The minimum absolute atomic E-state index is 0.752. The second-order valence-electron chi connectivity index (χ2n) is 6.19. The van der Waals surface area contributed by atoms with E-state index in [0.29, 0.717) is 0 Å². The van der Waals surface area contributed by atoms with Crippen LogP contribution in [-0.4, -0.2) is 24.6 Å². The van der Waals surface area contributed by atoms with Gasteiger partial charge in [0.15, 0.2) is 0 Å². The molecule has 1 aromatic heterocycles. The van der Waals surface area contributed by atoms with Crippen molar-refractivity contribution in [1.29, 1.82) is 0 Å². The maximum atomic E-state index is 4.46. The molecule has 0 spiro atoms. The lowest BCUT2D eigenvalue weighted by molar-refractivity contribution is 0.547. The van der Waals surface area contributed by atoms with Gasteiger partial charge in [0.1, 0.15) is 0 Å². The highest BCUT2D eigenvalue weighted by atomic mass is 15.1. The SMILES string of the molecule is CN(CC1CCCC1)c1ccnc(CNC2CC2)c1. The average Bonchev–Trinajstić information content (AvgIpc) is 3.13. The predicted octanol–water partition coefficient (Wildman–Crippen LogP) is 2.96. The van der Waals surface area contributed by atoms with Gasteiger partial charge in [0.25, 0.3) is 0 Å². The van der Waals surface area contributed by atoms with Crippen LogP contribution in [0.25, 0.3) is 0 Å². The third-order valence-corrected chi connectivity index (χ3v) is 4.40. The first-order chi connectivity index (χ1) is 9.31. The van der Waals surface area contributed by atoms with E-state index >= 15 is 0 Å². The predicted molar refractivity (Wildman–Crippen MR) is 79.3 cm³/mol. The van der Waals surface area contributed by atoms with Crippen LogP contribution < -0.4 is 10.2 Å². The second kappa shape index (κ2) is 5.91. The average molecular weight is 259 g/mol. The first-order valence-electron chi connectivity index (χ1n) is 7.71. The third kappa shape index (κ3) is 3.69. The Bertz CT molecular complexity index is 408. The zero-order valence-corrected chi connectivity index (χ0v) is 11.9. The standard InChI is InChI=1S/C16H25N3/c1-19(12-13-4-2-3-5-13)16-8-9-17-15(10-16)11-18-14-6-7-14/h8-10,13-14,18H,2-7,11-12H2,1H3. The molecule has 1 N–H and O–H groups in total. The summed E-state index contributed by atoms with van der Waals surface area (Å²) in [5.74, 6) is 0.895. The first-order valence-corrected chi connectivity index (χ1v) is 7.71. The molecule has 1 heterocycles. The van der Waals surface area contributed by atoms with Gasteiger partial charge in [-0.05, 0) is 43.7 Å². The summed E-state index contributed by atoms with van der Waals surface area (Å²) in [5.41, 5.74) is 2.48. The fourth-order valence-electron chi connectivity index (χ4n) is 3.02. The maximum Gasteiger partial charge on any atom is 0.0562 e. The molecule has 0 amide bonds. The molecular weight excluding hydrogens is 234 g/mol. The van der Waals surface area contributed by atoms with E-state index in [1.54, 1.807) is 0 Å². The van der Waals surface area contributed by atoms with Gasteiger partial charge in [-0.1, -0.05) is 12.8 Å². The van der Waals surface area contributed by atoms with E-state index in [1.807, 2.05) is 6.20 Å². The Morgan fingerprint density at radius 2 is 2.05 bits per heavy atom. The summed E-state index contributed by atoms with van der Waals surface area (Å²) in [7, 11) is 2.21. The fourth-order valence-corrected chi connectivity index (χ4v) is 3.02. The number of rotatable bonds is 6. The van der Waals surface area contributed by atoms with Crippen molar-refractivity contribution < 1.29 is 0 Å². The summed E-state index contributed by atoms with van der Waals surface area (Å²) in [5, 5.41) is 3.53. The van der Waals surface area contributed by atoms with Crippen molar-refractivity contribution in [2.75, 3.05) is 18.5 Å². The number of aromatic nitrogens is 1. The second-order valence-corrected chi connectivity index (χ2v) is 6.19. The molecule has 3 heteroatoms. The van der Waals surface area contributed by atoms with E-state index in [1.165, 1.54) is 56.5 Å². The molecule has 3 rings (SSSR count). The molecule has 2 aliphatic carbocycles. The van der Waals surface area contributed by atoms with Gasteiger partial charge < -0.3 is 10.2 Å². The minimum Gasteiger partial charge on any atom is -0.374 e. The number of hydrogen-bond acceptors (Lipinski definition) is 3. The van der Waals surface area contributed by atoms with Gasteiger partial charge in [-0.2, -0.15) is 0 Å². The van der Waals surface area contributed by atoms with E-state index in [2.05, 4.69) is 34.4 Å². The molecule has 104 valence electrons. The summed E-state index contributed by atoms with van der Waals surface area (Å²) in [4.78, 5) is 6.87. The highest BCUT2D eigenvalue weighted by Gasteiger charge is 2.20. The van der Waals surface area contributed by atoms with E-state index in [9.17, 15) is 0 Å². The normalized spacial score (nSPS) is 19.8.